The quantitative estimate of drug-likeness (QED) is 0.717. The van der Waals surface area contributed by atoms with Gasteiger partial charge in [-0.05, 0) is 24.0 Å². The lowest BCUT2D eigenvalue weighted by atomic mass is 9.90. The van der Waals surface area contributed by atoms with Gasteiger partial charge in [0.25, 0.3) is 0 Å². The molecule has 98 valence electrons. The van der Waals surface area contributed by atoms with Crippen LogP contribution in [0.2, 0.25) is 0 Å². The van der Waals surface area contributed by atoms with Crippen LogP contribution in [0, 0.1) is 5.41 Å². The molecule has 0 amide bonds. The Morgan fingerprint density at radius 3 is 2.44 bits per heavy atom. The molecule has 0 saturated heterocycles. The van der Waals surface area contributed by atoms with Crippen LogP contribution in [0.5, 0.6) is 0 Å². The van der Waals surface area contributed by atoms with E-state index in [1.807, 2.05) is 6.07 Å². The second kappa shape index (κ2) is 4.65. The van der Waals surface area contributed by atoms with Crippen molar-refractivity contribution in [1.82, 2.24) is 0 Å². The van der Waals surface area contributed by atoms with Crippen molar-refractivity contribution in [2.24, 2.45) is 5.41 Å². The second-order valence-electron chi connectivity index (χ2n) is 5.45. The fraction of sp³-hybridized carbons (Fsp3) is 0.385. The minimum absolute atomic E-state index is 0.0280. The zero-order chi connectivity index (χ0) is 13.3. The summed E-state index contributed by atoms with van der Waals surface area (Å²) in [6, 6.07) is 5.40. The molecule has 0 aromatic heterocycles. The van der Waals surface area contributed by atoms with Crippen molar-refractivity contribution in [3.05, 3.63) is 29.3 Å². The first-order chi connectivity index (χ1) is 8.37. The molecule has 2 rings (SSSR count). The molecule has 5 N–H and O–H groups in total. The average Bonchev–Trinajstić information content (AvgIpc) is 2.21. The van der Waals surface area contributed by atoms with Gasteiger partial charge in [0.05, 0.1) is 17.1 Å². The maximum Gasteiger partial charge on any atom is 0.0849 e. The molecule has 4 nitrogen and oxygen atoms in total. The molecule has 0 spiro atoms. The van der Waals surface area contributed by atoms with Crippen molar-refractivity contribution in [3.63, 3.8) is 0 Å². The van der Waals surface area contributed by atoms with Gasteiger partial charge < -0.3 is 16.8 Å². The first-order valence-corrected chi connectivity index (χ1v) is 7.24. The number of hydrogen-bond donors (Lipinski definition) is 3. The molecule has 0 aliphatic carbocycles. The Morgan fingerprint density at radius 2 is 1.89 bits per heavy atom. The summed E-state index contributed by atoms with van der Waals surface area (Å²) in [6.07, 6.45) is 0.840. The second-order valence-corrected chi connectivity index (χ2v) is 6.73. The average molecular weight is 265 g/mol. The molecular weight excluding hydrogens is 246 g/mol. The number of nitrogens with two attached hydrogens (primary N) is 2. The van der Waals surface area contributed by atoms with E-state index in [1.165, 1.54) is 0 Å². The molecular formula is C13H19N3OS. The lowest BCUT2D eigenvalue weighted by Crippen LogP contribution is -2.27. The van der Waals surface area contributed by atoms with Crippen molar-refractivity contribution in [2.45, 2.75) is 20.3 Å². The van der Waals surface area contributed by atoms with Crippen LogP contribution in [-0.2, 0) is 10.8 Å². The molecule has 1 heterocycles. The van der Waals surface area contributed by atoms with Gasteiger partial charge in [-0.15, -0.1) is 0 Å². The van der Waals surface area contributed by atoms with Crippen LogP contribution in [0.1, 0.15) is 20.3 Å². The molecule has 5 heteroatoms. The highest BCUT2D eigenvalue weighted by molar-refractivity contribution is 7.88. The normalized spacial score (nSPS) is 22.3. The SMILES string of the molecule is CC1(C)CC(Nc2c(N)cccc2N)=CS(=O)C1. The van der Waals surface area contributed by atoms with Crippen molar-refractivity contribution >= 4 is 27.9 Å². The molecule has 1 aliphatic heterocycles. The lowest BCUT2D eigenvalue weighted by molar-refractivity contribution is 0.413. The van der Waals surface area contributed by atoms with Crippen molar-refractivity contribution < 1.29 is 4.21 Å². The number of rotatable bonds is 2. The van der Waals surface area contributed by atoms with E-state index in [-0.39, 0.29) is 5.41 Å². The third-order valence-corrected chi connectivity index (χ3v) is 4.50. The highest BCUT2D eigenvalue weighted by Crippen LogP contribution is 2.34. The van der Waals surface area contributed by atoms with Crippen LogP contribution in [0.25, 0.3) is 0 Å². The number of allylic oxidation sites excluding steroid dienone is 1. The summed E-state index contributed by atoms with van der Waals surface area (Å²) in [4.78, 5) is 0. The van der Waals surface area contributed by atoms with Gasteiger partial charge >= 0.3 is 0 Å². The number of nitrogen functional groups attached to an aromatic ring is 2. The van der Waals surface area contributed by atoms with Gasteiger partial charge in [0, 0.05) is 27.7 Å². The zero-order valence-electron chi connectivity index (χ0n) is 10.7. The zero-order valence-corrected chi connectivity index (χ0v) is 11.5. The summed E-state index contributed by atoms with van der Waals surface area (Å²) in [7, 11) is -0.933. The van der Waals surface area contributed by atoms with Crippen LogP contribution >= 0.6 is 0 Å². The minimum Gasteiger partial charge on any atom is -0.397 e. The van der Waals surface area contributed by atoms with E-state index in [0.29, 0.717) is 22.8 Å². The molecule has 0 saturated carbocycles. The largest absolute Gasteiger partial charge is 0.397 e. The van der Waals surface area contributed by atoms with E-state index in [1.54, 1.807) is 17.5 Å². The van der Waals surface area contributed by atoms with Gasteiger partial charge in [-0.25, -0.2) is 0 Å². The molecule has 1 unspecified atom stereocenters. The minimum atomic E-state index is -0.933. The Balaban J connectivity index is 2.27. The first-order valence-electron chi connectivity index (χ1n) is 5.86. The lowest BCUT2D eigenvalue weighted by Gasteiger charge is -2.29. The first kappa shape index (κ1) is 13.0. The van der Waals surface area contributed by atoms with Gasteiger partial charge in [0.2, 0.25) is 0 Å². The Hall–Kier alpha value is -1.49. The van der Waals surface area contributed by atoms with Gasteiger partial charge in [-0.1, -0.05) is 19.9 Å². The highest BCUT2D eigenvalue weighted by atomic mass is 32.2. The van der Waals surface area contributed by atoms with Crippen LogP contribution in [0.3, 0.4) is 0 Å². The van der Waals surface area contributed by atoms with E-state index < -0.39 is 10.8 Å². The van der Waals surface area contributed by atoms with Crippen LogP contribution in [0.15, 0.2) is 29.3 Å². The van der Waals surface area contributed by atoms with Crippen molar-refractivity contribution in [3.8, 4) is 0 Å². The van der Waals surface area contributed by atoms with Crippen molar-refractivity contribution in [1.29, 1.82) is 0 Å². The van der Waals surface area contributed by atoms with Crippen LogP contribution in [0.4, 0.5) is 17.1 Å². The van der Waals surface area contributed by atoms with Crippen LogP contribution < -0.4 is 16.8 Å². The smallest absolute Gasteiger partial charge is 0.0849 e. The fourth-order valence-electron chi connectivity index (χ4n) is 2.16. The molecule has 0 fully saturated rings. The Labute approximate surface area is 110 Å². The number of para-hydroxylation sites is 1. The standard InChI is InChI=1S/C13H19N3OS/c1-13(2)6-9(7-18(17)8-13)16-12-10(14)4-3-5-11(12)15/h3-5,7,16H,6,8,14-15H2,1-2H3. The number of hydrogen-bond acceptors (Lipinski definition) is 4. The molecule has 1 aromatic carbocycles. The molecule has 0 radical (unpaired) electrons. The molecule has 1 atom stereocenters. The predicted octanol–water partition coefficient (Wildman–Crippen LogP) is 2.28. The molecule has 18 heavy (non-hydrogen) atoms. The van der Waals surface area contributed by atoms with Gasteiger partial charge in [0.15, 0.2) is 0 Å². The summed E-state index contributed by atoms with van der Waals surface area (Å²) in [5, 5.41) is 4.98. The van der Waals surface area contributed by atoms with E-state index in [0.717, 1.165) is 12.1 Å². The number of nitrogens with one attached hydrogen (secondary N) is 1. The van der Waals surface area contributed by atoms with Crippen LogP contribution in [-0.4, -0.2) is 9.96 Å². The summed E-state index contributed by atoms with van der Waals surface area (Å²) in [5.74, 6) is 0.692. The Kier molecular flexibility index (Phi) is 3.34. The van der Waals surface area contributed by atoms with Gasteiger partial charge in [-0.3, -0.25) is 4.21 Å². The maximum absolute atomic E-state index is 11.8. The maximum atomic E-state index is 11.8. The number of anilines is 3. The van der Waals surface area contributed by atoms with E-state index >= 15 is 0 Å². The van der Waals surface area contributed by atoms with E-state index in [4.69, 9.17) is 11.5 Å². The summed E-state index contributed by atoms with van der Waals surface area (Å²) in [5.41, 5.74) is 14.7. The summed E-state index contributed by atoms with van der Waals surface area (Å²) in [6.45, 7) is 4.22. The monoisotopic (exact) mass is 265 g/mol. The van der Waals surface area contributed by atoms with E-state index in [2.05, 4.69) is 19.2 Å². The van der Waals surface area contributed by atoms with E-state index in [9.17, 15) is 4.21 Å². The highest BCUT2D eigenvalue weighted by Gasteiger charge is 2.27. The topological polar surface area (TPSA) is 81.1 Å². The predicted molar refractivity (Wildman–Crippen MR) is 78.4 cm³/mol. The molecule has 1 aliphatic rings. The third kappa shape index (κ3) is 2.85. The number of benzene rings is 1. The summed E-state index contributed by atoms with van der Waals surface area (Å²) >= 11 is 0. The Morgan fingerprint density at radius 1 is 1.28 bits per heavy atom. The van der Waals surface area contributed by atoms with Crippen molar-refractivity contribution in [2.75, 3.05) is 22.5 Å². The summed E-state index contributed by atoms with van der Waals surface area (Å²) < 4.78 is 11.8. The Bertz CT molecular complexity index is 503. The third-order valence-electron chi connectivity index (χ3n) is 2.89. The molecule has 1 aromatic rings. The van der Waals surface area contributed by atoms with Gasteiger partial charge in [-0.2, -0.15) is 0 Å². The fourth-order valence-corrected chi connectivity index (χ4v) is 3.58. The van der Waals surface area contributed by atoms with Gasteiger partial charge in [0.1, 0.15) is 0 Å². The molecule has 0 bridgehead atoms.